The number of amides is 1. The summed E-state index contributed by atoms with van der Waals surface area (Å²) >= 11 is 18.5. The van der Waals surface area contributed by atoms with Gasteiger partial charge in [-0.3, -0.25) is 14.9 Å². The quantitative estimate of drug-likeness (QED) is 0.296. The van der Waals surface area contributed by atoms with Crippen molar-refractivity contribution in [2.24, 2.45) is 0 Å². The van der Waals surface area contributed by atoms with Crippen LogP contribution in [0.15, 0.2) is 51.5 Å². The van der Waals surface area contributed by atoms with E-state index in [2.05, 4.69) is 42.3 Å². The van der Waals surface area contributed by atoms with Crippen LogP contribution in [0.3, 0.4) is 0 Å². The molecule has 0 atom stereocenters. The maximum Gasteiger partial charge on any atom is 0.276 e. The van der Waals surface area contributed by atoms with E-state index >= 15 is 0 Å². The summed E-state index contributed by atoms with van der Waals surface area (Å²) in [6, 6.07) is 9.07. The molecular formula is C17H10Br2Cl2N4O4. The SMILES string of the molecule is O=C(Nc1c(Br)cc([N+](=O)[O-])cc1Br)c1ccn(COc2c(Cl)cccc2Cl)n1. The van der Waals surface area contributed by atoms with E-state index in [1.807, 2.05) is 0 Å². The Morgan fingerprint density at radius 3 is 2.41 bits per heavy atom. The van der Waals surface area contributed by atoms with Gasteiger partial charge in [0.05, 0.1) is 20.7 Å². The van der Waals surface area contributed by atoms with Gasteiger partial charge < -0.3 is 10.1 Å². The largest absolute Gasteiger partial charge is 0.468 e. The van der Waals surface area contributed by atoms with Gasteiger partial charge in [-0.25, -0.2) is 4.68 Å². The molecule has 12 heteroatoms. The first-order valence-electron chi connectivity index (χ1n) is 7.81. The van der Waals surface area contributed by atoms with E-state index in [1.165, 1.54) is 22.9 Å². The molecule has 0 radical (unpaired) electrons. The second-order valence-electron chi connectivity index (χ2n) is 5.56. The number of ether oxygens (including phenoxy) is 1. The second-order valence-corrected chi connectivity index (χ2v) is 8.08. The van der Waals surface area contributed by atoms with Crippen LogP contribution < -0.4 is 10.1 Å². The molecule has 0 spiro atoms. The molecule has 3 rings (SSSR count). The van der Waals surface area contributed by atoms with Gasteiger partial charge >= 0.3 is 0 Å². The summed E-state index contributed by atoms with van der Waals surface area (Å²) in [6.07, 6.45) is 1.56. The smallest absolute Gasteiger partial charge is 0.276 e. The molecule has 0 aliphatic carbocycles. The number of carbonyl (C=O) groups excluding carboxylic acids is 1. The summed E-state index contributed by atoms with van der Waals surface area (Å²) in [5, 5.41) is 18.4. The molecule has 1 heterocycles. The van der Waals surface area contributed by atoms with Crippen molar-refractivity contribution in [1.82, 2.24) is 9.78 Å². The number of rotatable bonds is 6. The third-order valence-corrected chi connectivity index (χ3v) is 5.46. The number of hydrogen-bond donors (Lipinski definition) is 1. The average molecular weight is 565 g/mol. The maximum atomic E-state index is 12.5. The standard InChI is InChI=1S/C17H10Br2Cl2N4O4/c18-10-6-9(25(27)28)7-11(19)15(10)22-17(26)14-4-5-24(23-14)8-29-16-12(20)2-1-3-13(16)21/h1-7H,8H2,(H,22,26). The zero-order valence-corrected chi connectivity index (χ0v) is 18.9. The van der Waals surface area contributed by atoms with Crippen LogP contribution >= 0.6 is 55.1 Å². The monoisotopic (exact) mass is 562 g/mol. The van der Waals surface area contributed by atoms with Gasteiger partial charge in [-0.05, 0) is 50.1 Å². The first kappa shape index (κ1) is 21.6. The van der Waals surface area contributed by atoms with E-state index < -0.39 is 10.8 Å². The lowest BCUT2D eigenvalue weighted by Crippen LogP contribution is -2.15. The van der Waals surface area contributed by atoms with Crippen LogP contribution in [-0.2, 0) is 6.73 Å². The van der Waals surface area contributed by atoms with Crippen LogP contribution in [0.1, 0.15) is 10.5 Å². The van der Waals surface area contributed by atoms with Gasteiger partial charge in [0.1, 0.15) is 0 Å². The highest BCUT2D eigenvalue weighted by Crippen LogP contribution is 2.35. The number of aromatic nitrogens is 2. The normalized spacial score (nSPS) is 10.6. The summed E-state index contributed by atoms with van der Waals surface area (Å²) < 4.78 is 7.66. The van der Waals surface area contributed by atoms with Crippen LogP contribution in [0.25, 0.3) is 0 Å². The number of para-hydroxylation sites is 1. The van der Waals surface area contributed by atoms with Gasteiger partial charge in [-0.15, -0.1) is 0 Å². The van der Waals surface area contributed by atoms with Gasteiger partial charge in [0.25, 0.3) is 11.6 Å². The van der Waals surface area contributed by atoms with E-state index in [1.54, 1.807) is 24.4 Å². The zero-order chi connectivity index (χ0) is 21.1. The molecule has 2 aromatic carbocycles. The number of nitrogens with zero attached hydrogens (tertiary/aromatic N) is 3. The average Bonchev–Trinajstić information content (AvgIpc) is 3.13. The Morgan fingerprint density at radius 1 is 1.21 bits per heavy atom. The Kier molecular flexibility index (Phi) is 6.78. The van der Waals surface area contributed by atoms with Gasteiger partial charge in [0.15, 0.2) is 18.2 Å². The fraction of sp³-hybridized carbons (Fsp3) is 0.0588. The summed E-state index contributed by atoms with van der Waals surface area (Å²) in [5.41, 5.74) is 0.340. The van der Waals surface area contributed by atoms with E-state index in [9.17, 15) is 14.9 Å². The lowest BCUT2D eigenvalue weighted by Gasteiger charge is -2.10. The van der Waals surface area contributed by atoms with Gasteiger partial charge in [-0.2, -0.15) is 5.10 Å². The van der Waals surface area contributed by atoms with Crippen molar-refractivity contribution in [3.8, 4) is 5.75 Å². The molecule has 1 amide bonds. The zero-order valence-electron chi connectivity index (χ0n) is 14.2. The Morgan fingerprint density at radius 2 is 1.83 bits per heavy atom. The Labute approximate surface area is 191 Å². The van der Waals surface area contributed by atoms with Crippen LogP contribution in [0, 0.1) is 10.1 Å². The number of carbonyl (C=O) groups is 1. The lowest BCUT2D eigenvalue weighted by molar-refractivity contribution is -0.385. The molecule has 0 saturated carbocycles. The van der Waals surface area contributed by atoms with Crippen molar-refractivity contribution in [1.29, 1.82) is 0 Å². The third kappa shape index (κ3) is 5.08. The Balaban J connectivity index is 1.71. The number of nitro groups is 1. The van der Waals surface area contributed by atoms with E-state index in [4.69, 9.17) is 27.9 Å². The minimum absolute atomic E-state index is 0.0122. The number of non-ortho nitro benzene ring substituents is 1. The molecule has 0 unspecified atom stereocenters. The van der Waals surface area contributed by atoms with Crippen molar-refractivity contribution in [2.75, 3.05) is 5.32 Å². The van der Waals surface area contributed by atoms with Crippen LogP contribution in [-0.4, -0.2) is 20.6 Å². The minimum Gasteiger partial charge on any atom is -0.468 e. The Hall–Kier alpha value is -2.14. The molecule has 1 N–H and O–H groups in total. The number of nitrogens with one attached hydrogen (secondary N) is 1. The fourth-order valence-electron chi connectivity index (χ4n) is 2.27. The molecule has 29 heavy (non-hydrogen) atoms. The van der Waals surface area contributed by atoms with Crippen LogP contribution in [0.5, 0.6) is 5.75 Å². The summed E-state index contributed by atoms with van der Waals surface area (Å²) in [4.78, 5) is 22.9. The van der Waals surface area contributed by atoms with Gasteiger partial charge in [0.2, 0.25) is 0 Å². The molecule has 1 aromatic heterocycles. The number of anilines is 1. The molecule has 0 aliphatic heterocycles. The van der Waals surface area contributed by atoms with Crippen molar-refractivity contribution >= 4 is 72.3 Å². The molecule has 8 nitrogen and oxygen atoms in total. The fourth-order valence-corrected chi connectivity index (χ4v) is 4.14. The number of nitro benzene ring substituents is 1. The molecule has 0 bridgehead atoms. The number of halogens is 4. The molecule has 150 valence electrons. The first-order chi connectivity index (χ1) is 13.8. The Bertz CT molecular complexity index is 1060. The summed E-state index contributed by atoms with van der Waals surface area (Å²) in [6.45, 7) is -0.0122. The third-order valence-electron chi connectivity index (χ3n) is 3.61. The van der Waals surface area contributed by atoms with Crippen molar-refractivity contribution in [3.63, 3.8) is 0 Å². The lowest BCUT2D eigenvalue weighted by atomic mass is 10.2. The summed E-state index contributed by atoms with van der Waals surface area (Å²) in [5.74, 6) is -0.189. The van der Waals surface area contributed by atoms with E-state index in [0.717, 1.165) is 0 Å². The highest BCUT2D eigenvalue weighted by atomic mass is 79.9. The van der Waals surface area contributed by atoms with Crippen LogP contribution in [0.2, 0.25) is 10.0 Å². The molecular weight excluding hydrogens is 555 g/mol. The molecule has 3 aromatic rings. The van der Waals surface area contributed by atoms with Gasteiger partial charge in [-0.1, -0.05) is 29.3 Å². The number of benzene rings is 2. The highest BCUT2D eigenvalue weighted by molar-refractivity contribution is 9.11. The van der Waals surface area contributed by atoms with E-state index in [-0.39, 0.29) is 18.1 Å². The molecule has 0 aliphatic rings. The highest BCUT2D eigenvalue weighted by Gasteiger charge is 2.18. The molecule has 0 saturated heterocycles. The predicted molar refractivity (Wildman–Crippen MR) is 116 cm³/mol. The van der Waals surface area contributed by atoms with Crippen LogP contribution in [0.4, 0.5) is 11.4 Å². The predicted octanol–water partition coefficient (Wildman–Crippen LogP) is 5.91. The summed E-state index contributed by atoms with van der Waals surface area (Å²) in [7, 11) is 0. The van der Waals surface area contributed by atoms with Crippen molar-refractivity contribution < 1.29 is 14.5 Å². The number of hydrogen-bond acceptors (Lipinski definition) is 5. The first-order valence-corrected chi connectivity index (χ1v) is 10.2. The van der Waals surface area contributed by atoms with Crippen molar-refractivity contribution in [2.45, 2.75) is 6.73 Å². The molecule has 0 fully saturated rings. The van der Waals surface area contributed by atoms with Crippen molar-refractivity contribution in [3.05, 3.63) is 77.4 Å². The minimum atomic E-state index is -0.534. The van der Waals surface area contributed by atoms with Gasteiger partial charge in [0, 0.05) is 27.3 Å². The maximum absolute atomic E-state index is 12.5. The van der Waals surface area contributed by atoms with E-state index in [0.29, 0.717) is 30.4 Å². The topological polar surface area (TPSA) is 99.3 Å². The second kappa shape index (κ2) is 9.12.